The average molecular weight is 386 g/mol. The maximum atomic E-state index is 12.8. The van der Waals surface area contributed by atoms with Gasteiger partial charge in [0.05, 0.1) is 6.54 Å². The van der Waals surface area contributed by atoms with Crippen LogP contribution < -0.4 is 9.47 Å². The molecule has 1 fully saturated rings. The number of benzene rings is 1. The third-order valence-corrected chi connectivity index (χ3v) is 5.09. The molecule has 4 rings (SSSR count). The maximum absolute atomic E-state index is 12.8. The number of fused-ring (bicyclic) bond motifs is 1. The first-order valence-corrected chi connectivity index (χ1v) is 9.94. The van der Waals surface area contributed by atoms with Gasteiger partial charge in [0.25, 0.3) is 5.91 Å². The molecule has 8 heteroatoms. The van der Waals surface area contributed by atoms with E-state index in [0.29, 0.717) is 37.0 Å². The Morgan fingerprint density at radius 2 is 1.96 bits per heavy atom. The number of hydrogen-bond donors (Lipinski definition) is 0. The van der Waals surface area contributed by atoms with Crippen LogP contribution in [-0.2, 0) is 17.8 Å². The van der Waals surface area contributed by atoms with Gasteiger partial charge in [0.2, 0.25) is 12.0 Å². The van der Waals surface area contributed by atoms with E-state index in [0.717, 1.165) is 38.2 Å². The van der Waals surface area contributed by atoms with Crippen LogP contribution in [0.15, 0.2) is 28.8 Å². The van der Waals surface area contributed by atoms with Crippen LogP contribution in [0, 0.1) is 0 Å². The first-order valence-electron chi connectivity index (χ1n) is 9.94. The lowest BCUT2D eigenvalue weighted by Crippen LogP contribution is -2.53. The third kappa shape index (κ3) is 4.27. The molecule has 8 nitrogen and oxygen atoms in total. The molecule has 0 saturated carbocycles. The molecule has 0 aliphatic carbocycles. The Morgan fingerprint density at radius 1 is 1.18 bits per heavy atom. The highest BCUT2D eigenvalue weighted by Gasteiger charge is 2.32. The molecule has 3 heterocycles. The van der Waals surface area contributed by atoms with Gasteiger partial charge in [-0.25, -0.2) is 0 Å². The highest BCUT2D eigenvalue weighted by atomic mass is 16.6. The van der Waals surface area contributed by atoms with E-state index in [1.807, 2.05) is 29.2 Å². The van der Waals surface area contributed by atoms with Crippen molar-refractivity contribution in [3.8, 4) is 11.5 Å². The molecule has 2 aliphatic rings. The largest absolute Gasteiger partial charge is 0.485 e. The standard InChI is InChI=1S/C20H26N4O4/c1-2-3-8-18-21-19(28-22-18)13-23-9-11-24(12-10-23)20(25)17-14-26-15-6-4-5-7-16(15)27-17/h4-7,17H,2-3,8-14H2,1H3/t17-/m1/s1. The molecular weight excluding hydrogens is 360 g/mol. The van der Waals surface area contributed by atoms with Crippen LogP contribution in [-0.4, -0.2) is 64.7 Å². The van der Waals surface area contributed by atoms with Crippen molar-refractivity contribution in [3.05, 3.63) is 36.0 Å². The molecule has 1 aromatic carbocycles. The Bertz CT molecular complexity index is 801. The van der Waals surface area contributed by atoms with Gasteiger partial charge >= 0.3 is 0 Å². The zero-order valence-corrected chi connectivity index (χ0v) is 16.2. The second-order valence-corrected chi connectivity index (χ2v) is 7.17. The van der Waals surface area contributed by atoms with E-state index in [9.17, 15) is 4.79 Å². The lowest BCUT2D eigenvalue weighted by atomic mass is 10.2. The fraction of sp³-hybridized carbons (Fsp3) is 0.550. The van der Waals surface area contributed by atoms with Crippen molar-refractivity contribution in [2.24, 2.45) is 0 Å². The minimum Gasteiger partial charge on any atom is -0.485 e. The molecule has 1 saturated heterocycles. The zero-order chi connectivity index (χ0) is 19.3. The van der Waals surface area contributed by atoms with Gasteiger partial charge in [-0.05, 0) is 18.6 Å². The third-order valence-electron chi connectivity index (χ3n) is 5.09. The van der Waals surface area contributed by atoms with Crippen molar-refractivity contribution in [2.45, 2.75) is 38.8 Å². The summed E-state index contributed by atoms with van der Waals surface area (Å²) < 4.78 is 16.9. The molecule has 28 heavy (non-hydrogen) atoms. The SMILES string of the molecule is CCCCc1noc(CN2CCN(C(=O)[C@H]3COc4ccccc4O3)CC2)n1. The van der Waals surface area contributed by atoms with E-state index < -0.39 is 6.10 Å². The van der Waals surface area contributed by atoms with Gasteiger partial charge in [-0.15, -0.1) is 0 Å². The smallest absolute Gasteiger partial charge is 0.267 e. The average Bonchev–Trinajstić information content (AvgIpc) is 3.19. The second kappa shape index (κ2) is 8.60. The molecule has 1 aromatic heterocycles. The fourth-order valence-corrected chi connectivity index (χ4v) is 3.45. The Balaban J connectivity index is 1.26. The van der Waals surface area contributed by atoms with E-state index in [1.165, 1.54) is 0 Å². The molecule has 150 valence electrons. The van der Waals surface area contributed by atoms with Crippen LogP contribution in [0.4, 0.5) is 0 Å². The van der Waals surface area contributed by atoms with Crippen LogP contribution in [0.25, 0.3) is 0 Å². The number of piperazine rings is 1. The van der Waals surface area contributed by atoms with Gasteiger partial charge < -0.3 is 18.9 Å². The zero-order valence-electron chi connectivity index (χ0n) is 16.2. The van der Waals surface area contributed by atoms with Crippen molar-refractivity contribution < 1.29 is 18.8 Å². The van der Waals surface area contributed by atoms with Gasteiger partial charge in [-0.2, -0.15) is 4.98 Å². The first-order chi connectivity index (χ1) is 13.7. The van der Waals surface area contributed by atoms with Gasteiger partial charge in [0.1, 0.15) is 6.61 Å². The predicted molar refractivity (Wildman–Crippen MR) is 101 cm³/mol. The highest BCUT2D eigenvalue weighted by molar-refractivity contribution is 5.82. The van der Waals surface area contributed by atoms with Crippen LogP contribution >= 0.6 is 0 Å². The lowest BCUT2D eigenvalue weighted by molar-refractivity contribution is -0.143. The number of nitrogens with zero attached hydrogens (tertiary/aromatic N) is 4. The Morgan fingerprint density at radius 3 is 2.75 bits per heavy atom. The van der Waals surface area contributed by atoms with Crippen molar-refractivity contribution in [2.75, 3.05) is 32.8 Å². The van der Waals surface area contributed by atoms with E-state index in [-0.39, 0.29) is 12.5 Å². The normalized spacial score (nSPS) is 19.6. The van der Waals surface area contributed by atoms with Crippen molar-refractivity contribution in [3.63, 3.8) is 0 Å². The molecule has 2 aliphatic heterocycles. The van der Waals surface area contributed by atoms with E-state index in [4.69, 9.17) is 14.0 Å². The summed E-state index contributed by atoms with van der Waals surface area (Å²) in [5, 5.41) is 4.03. The Labute approximate surface area is 164 Å². The van der Waals surface area contributed by atoms with Crippen molar-refractivity contribution in [1.82, 2.24) is 19.9 Å². The second-order valence-electron chi connectivity index (χ2n) is 7.17. The monoisotopic (exact) mass is 386 g/mol. The van der Waals surface area contributed by atoms with E-state index >= 15 is 0 Å². The molecule has 0 radical (unpaired) electrons. The number of unbranched alkanes of at least 4 members (excludes halogenated alkanes) is 1. The van der Waals surface area contributed by atoms with Gasteiger partial charge in [-0.3, -0.25) is 9.69 Å². The molecule has 0 spiro atoms. The minimum absolute atomic E-state index is 0.0196. The van der Waals surface area contributed by atoms with Crippen LogP contribution in [0.2, 0.25) is 0 Å². The van der Waals surface area contributed by atoms with Crippen molar-refractivity contribution >= 4 is 5.91 Å². The van der Waals surface area contributed by atoms with E-state index in [2.05, 4.69) is 22.0 Å². The van der Waals surface area contributed by atoms with Crippen LogP contribution in [0.5, 0.6) is 11.5 Å². The number of aromatic nitrogens is 2. The van der Waals surface area contributed by atoms with Crippen molar-refractivity contribution in [1.29, 1.82) is 0 Å². The number of amides is 1. The summed E-state index contributed by atoms with van der Waals surface area (Å²) in [5.74, 6) is 2.72. The van der Waals surface area contributed by atoms with E-state index in [1.54, 1.807) is 0 Å². The number of carbonyl (C=O) groups excluding carboxylic acids is 1. The maximum Gasteiger partial charge on any atom is 0.267 e. The van der Waals surface area contributed by atoms with Gasteiger partial charge in [0.15, 0.2) is 17.3 Å². The molecule has 1 atom stereocenters. The number of aryl methyl sites for hydroxylation is 1. The topological polar surface area (TPSA) is 80.9 Å². The number of hydrogen-bond acceptors (Lipinski definition) is 7. The first kappa shape index (κ1) is 18.7. The van der Waals surface area contributed by atoms with Crippen LogP contribution in [0.3, 0.4) is 0 Å². The fourth-order valence-electron chi connectivity index (χ4n) is 3.45. The summed E-state index contributed by atoms with van der Waals surface area (Å²) in [5.41, 5.74) is 0. The number of carbonyl (C=O) groups is 1. The summed E-state index contributed by atoms with van der Waals surface area (Å²) in [6, 6.07) is 7.44. The summed E-state index contributed by atoms with van der Waals surface area (Å²) in [6.07, 6.45) is 2.45. The molecular formula is C20H26N4O4. The Kier molecular flexibility index (Phi) is 5.76. The number of ether oxygens (including phenoxy) is 2. The van der Waals surface area contributed by atoms with Crippen LogP contribution in [0.1, 0.15) is 31.5 Å². The molecule has 0 unspecified atom stereocenters. The molecule has 2 aromatic rings. The van der Waals surface area contributed by atoms with Gasteiger partial charge in [0, 0.05) is 32.6 Å². The number of rotatable bonds is 6. The Hall–Kier alpha value is -2.61. The molecule has 1 amide bonds. The summed E-state index contributed by atoms with van der Waals surface area (Å²) in [7, 11) is 0. The number of para-hydroxylation sites is 2. The molecule has 0 bridgehead atoms. The minimum atomic E-state index is -0.585. The highest BCUT2D eigenvalue weighted by Crippen LogP contribution is 2.31. The summed E-state index contributed by atoms with van der Waals surface area (Å²) in [6.45, 7) is 5.85. The predicted octanol–water partition coefficient (Wildman–Crippen LogP) is 1.90. The quantitative estimate of drug-likeness (QED) is 0.750. The summed E-state index contributed by atoms with van der Waals surface area (Å²) in [4.78, 5) is 21.3. The van der Waals surface area contributed by atoms with Gasteiger partial charge in [-0.1, -0.05) is 30.6 Å². The summed E-state index contributed by atoms with van der Waals surface area (Å²) >= 11 is 0. The lowest BCUT2D eigenvalue weighted by Gasteiger charge is -2.36. The molecule has 0 N–H and O–H groups in total.